The number of fused-ring (bicyclic) bond motifs is 3. The average Bonchev–Trinajstić information content (AvgIpc) is 3.41. The van der Waals surface area contributed by atoms with E-state index in [9.17, 15) is 14.0 Å². The Morgan fingerprint density at radius 2 is 2.00 bits per heavy atom. The predicted molar refractivity (Wildman–Crippen MR) is 119 cm³/mol. The quantitative estimate of drug-likeness (QED) is 0.450. The van der Waals surface area contributed by atoms with Crippen molar-refractivity contribution in [3.63, 3.8) is 0 Å². The number of rotatable bonds is 8. The topological polar surface area (TPSA) is 81.3 Å². The Kier molecular flexibility index (Phi) is 6.13. The molecule has 7 nitrogen and oxygen atoms in total. The van der Waals surface area contributed by atoms with Crippen LogP contribution in [-0.4, -0.2) is 25.1 Å². The first kappa shape index (κ1) is 21.2. The molecule has 31 heavy (non-hydrogen) atoms. The molecule has 4 rings (SSSR count). The van der Waals surface area contributed by atoms with Gasteiger partial charge >= 0.3 is 0 Å². The summed E-state index contributed by atoms with van der Waals surface area (Å²) in [6.07, 6.45) is 2.32. The van der Waals surface area contributed by atoms with Gasteiger partial charge in [0.05, 0.1) is 5.52 Å². The highest BCUT2D eigenvalue weighted by Crippen LogP contribution is 2.23. The van der Waals surface area contributed by atoms with Gasteiger partial charge in [-0.15, -0.1) is 21.5 Å². The van der Waals surface area contributed by atoms with E-state index in [1.165, 1.54) is 23.5 Å². The van der Waals surface area contributed by atoms with Crippen molar-refractivity contribution >= 4 is 33.2 Å². The Balaban J connectivity index is 1.48. The summed E-state index contributed by atoms with van der Waals surface area (Å²) in [6, 6.07) is 7.99. The molecule has 0 bridgehead atoms. The summed E-state index contributed by atoms with van der Waals surface area (Å²) in [7, 11) is 0. The molecule has 1 amide bonds. The highest BCUT2D eigenvalue weighted by Gasteiger charge is 2.19. The van der Waals surface area contributed by atoms with Crippen molar-refractivity contribution in [2.24, 2.45) is 0 Å². The van der Waals surface area contributed by atoms with E-state index in [2.05, 4.69) is 15.5 Å². The smallest absolute Gasteiger partial charge is 0.273 e. The molecule has 0 fully saturated rings. The highest BCUT2D eigenvalue weighted by atomic mass is 32.1. The van der Waals surface area contributed by atoms with Gasteiger partial charge < -0.3 is 5.32 Å². The molecule has 1 aromatic carbocycles. The lowest BCUT2D eigenvalue weighted by Gasteiger charge is -2.14. The SMILES string of the molecule is CCC(C)n1c(=O)c2sccc2n2c(CCCC(=O)NCc3ccc(F)cc3)nnc12. The molecule has 0 spiro atoms. The van der Waals surface area contributed by atoms with Crippen molar-refractivity contribution in [1.82, 2.24) is 24.5 Å². The second-order valence-electron chi connectivity index (χ2n) is 7.58. The van der Waals surface area contributed by atoms with E-state index in [-0.39, 0.29) is 23.3 Å². The molecule has 1 atom stereocenters. The van der Waals surface area contributed by atoms with E-state index in [1.54, 1.807) is 16.7 Å². The number of hydrogen-bond acceptors (Lipinski definition) is 5. The Labute approximate surface area is 182 Å². The van der Waals surface area contributed by atoms with Crippen LogP contribution < -0.4 is 10.9 Å². The van der Waals surface area contributed by atoms with E-state index in [1.807, 2.05) is 29.7 Å². The minimum absolute atomic E-state index is 0.00999. The van der Waals surface area contributed by atoms with E-state index >= 15 is 0 Å². The lowest BCUT2D eigenvalue weighted by molar-refractivity contribution is -0.121. The number of halogens is 1. The third kappa shape index (κ3) is 4.23. The molecule has 4 aromatic rings. The fraction of sp³-hybridized carbons (Fsp3) is 0.364. The molecule has 1 unspecified atom stereocenters. The van der Waals surface area contributed by atoms with Gasteiger partial charge in [-0.1, -0.05) is 19.1 Å². The summed E-state index contributed by atoms with van der Waals surface area (Å²) in [5, 5.41) is 13.4. The minimum Gasteiger partial charge on any atom is -0.352 e. The molecular formula is C22H24FN5O2S. The molecule has 0 radical (unpaired) electrons. The number of amides is 1. The van der Waals surface area contributed by atoms with E-state index in [4.69, 9.17) is 0 Å². The van der Waals surface area contributed by atoms with Crippen LogP contribution in [0.2, 0.25) is 0 Å². The lowest BCUT2D eigenvalue weighted by Crippen LogP contribution is -2.25. The number of nitrogens with zero attached hydrogens (tertiary/aromatic N) is 4. The zero-order chi connectivity index (χ0) is 22.0. The largest absolute Gasteiger partial charge is 0.352 e. The van der Waals surface area contributed by atoms with E-state index in [0.717, 1.165) is 23.3 Å². The summed E-state index contributed by atoms with van der Waals surface area (Å²) >= 11 is 1.42. The summed E-state index contributed by atoms with van der Waals surface area (Å²) in [5.41, 5.74) is 1.62. The van der Waals surface area contributed by atoms with Crippen LogP contribution in [0.4, 0.5) is 4.39 Å². The number of carbonyl (C=O) groups is 1. The first-order valence-corrected chi connectivity index (χ1v) is 11.2. The van der Waals surface area contributed by atoms with Crippen LogP contribution in [0.3, 0.4) is 0 Å². The van der Waals surface area contributed by atoms with Crippen molar-refractivity contribution in [2.45, 2.75) is 52.1 Å². The maximum atomic E-state index is 13.0. The third-order valence-electron chi connectivity index (χ3n) is 5.47. The van der Waals surface area contributed by atoms with Crippen LogP contribution in [0.1, 0.15) is 50.5 Å². The Bertz CT molecular complexity index is 1280. The van der Waals surface area contributed by atoms with Gasteiger partial charge in [0.25, 0.3) is 5.56 Å². The maximum absolute atomic E-state index is 13.0. The van der Waals surface area contributed by atoms with Gasteiger partial charge in [0.2, 0.25) is 11.7 Å². The van der Waals surface area contributed by atoms with Gasteiger partial charge in [-0.25, -0.2) is 4.39 Å². The third-order valence-corrected chi connectivity index (χ3v) is 6.36. The molecule has 9 heteroatoms. The Morgan fingerprint density at radius 1 is 1.23 bits per heavy atom. The van der Waals surface area contributed by atoms with Gasteiger partial charge in [-0.2, -0.15) is 0 Å². The van der Waals surface area contributed by atoms with Crippen molar-refractivity contribution in [3.05, 3.63) is 63.3 Å². The molecule has 3 aromatic heterocycles. The molecule has 0 saturated heterocycles. The Morgan fingerprint density at radius 3 is 2.74 bits per heavy atom. The van der Waals surface area contributed by atoms with Crippen molar-refractivity contribution in [2.75, 3.05) is 0 Å². The zero-order valence-corrected chi connectivity index (χ0v) is 18.3. The van der Waals surface area contributed by atoms with Gasteiger partial charge in [0.1, 0.15) is 16.3 Å². The van der Waals surface area contributed by atoms with Crippen LogP contribution in [0.25, 0.3) is 16.0 Å². The van der Waals surface area contributed by atoms with E-state index in [0.29, 0.717) is 36.3 Å². The first-order chi connectivity index (χ1) is 15.0. The van der Waals surface area contributed by atoms with Crippen LogP contribution in [0.5, 0.6) is 0 Å². The van der Waals surface area contributed by atoms with Gasteiger partial charge in [0.15, 0.2) is 0 Å². The van der Waals surface area contributed by atoms with Crippen LogP contribution in [0.15, 0.2) is 40.5 Å². The molecule has 0 aliphatic rings. The van der Waals surface area contributed by atoms with Crippen molar-refractivity contribution in [1.29, 1.82) is 0 Å². The molecule has 162 valence electrons. The highest BCUT2D eigenvalue weighted by molar-refractivity contribution is 7.17. The summed E-state index contributed by atoms with van der Waals surface area (Å²) in [4.78, 5) is 25.1. The molecule has 1 N–H and O–H groups in total. The second-order valence-corrected chi connectivity index (χ2v) is 8.49. The lowest BCUT2D eigenvalue weighted by atomic mass is 10.2. The summed E-state index contributed by atoms with van der Waals surface area (Å²) < 4.78 is 17.3. The second kappa shape index (κ2) is 8.97. The minimum atomic E-state index is -0.297. The molecule has 0 aliphatic heterocycles. The number of carbonyl (C=O) groups excluding carboxylic acids is 1. The number of nitrogens with one attached hydrogen (secondary N) is 1. The molecule has 0 aliphatic carbocycles. The van der Waals surface area contributed by atoms with Gasteiger partial charge in [-0.3, -0.25) is 18.6 Å². The number of aromatic nitrogens is 4. The van der Waals surface area contributed by atoms with Crippen LogP contribution >= 0.6 is 11.3 Å². The van der Waals surface area contributed by atoms with Crippen molar-refractivity contribution in [3.8, 4) is 0 Å². The number of benzene rings is 1. The molecule has 0 saturated carbocycles. The number of thiophene rings is 1. The molecular weight excluding hydrogens is 417 g/mol. The fourth-order valence-electron chi connectivity index (χ4n) is 3.59. The average molecular weight is 442 g/mol. The summed E-state index contributed by atoms with van der Waals surface area (Å²) in [6.45, 7) is 4.40. The number of hydrogen-bond donors (Lipinski definition) is 1. The first-order valence-electron chi connectivity index (χ1n) is 10.4. The Hall–Kier alpha value is -3.07. The van der Waals surface area contributed by atoms with Gasteiger partial charge in [0, 0.05) is 25.4 Å². The van der Waals surface area contributed by atoms with E-state index < -0.39 is 0 Å². The number of aryl methyl sites for hydroxylation is 1. The fourth-order valence-corrected chi connectivity index (χ4v) is 4.40. The molecule has 3 heterocycles. The zero-order valence-electron chi connectivity index (χ0n) is 17.5. The van der Waals surface area contributed by atoms with Crippen molar-refractivity contribution < 1.29 is 9.18 Å². The predicted octanol–water partition coefficient (Wildman–Crippen LogP) is 3.85. The van der Waals surface area contributed by atoms with Crippen LogP contribution in [-0.2, 0) is 17.8 Å². The standard InChI is InChI=1S/C22H24FN5O2S/c1-3-14(2)27-21(30)20-17(11-12-31-20)28-18(25-26-22(27)28)5-4-6-19(29)24-13-15-7-9-16(23)10-8-15/h7-12,14H,3-6,13H2,1-2H3,(H,24,29). The maximum Gasteiger partial charge on any atom is 0.273 e. The van der Waals surface area contributed by atoms with Crippen LogP contribution in [0, 0.1) is 5.82 Å². The normalized spacial score (nSPS) is 12.5. The summed E-state index contributed by atoms with van der Waals surface area (Å²) in [5.74, 6) is 0.909. The van der Waals surface area contributed by atoms with Gasteiger partial charge in [-0.05, 0) is 48.9 Å². The monoisotopic (exact) mass is 441 g/mol.